The van der Waals surface area contributed by atoms with Crippen molar-refractivity contribution in [1.29, 1.82) is 0 Å². The number of carbonyl (C=O) groups excluding carboxylic acids is 2. The second kappa shape index (κ2) is 29.4. The highest BCUT2D eigenvalue weighted by Gasteiger charge is 2.42. The van der Waals surface area contributed by atoms with Crippen LogP contribution in [0.2, 0.25) is 0 Å². The first-order valence-electron chi connectivity index (χ1n) is 16.3. The number of urea groups is 1. The van der Waals surface area contributed by atoms with Crippen LogP contribution < -0.4 is 16.0 Å². The summed E-state index contributed by atoms with van der Waals surface area (Å²) in [5.41, 5.74) is 0. The molecule has 0 saturated carbocycles. The molecule has 0 aromatic carbocycles. The first-order chi connectivity index (χ1) is 22.7. The van der Waals surface area contributed by atoms with Gasteiger partial charge in [0.25, 0.3) is 0 Å². The number of nitrogens with one attached hydrogen (secondary N) is 3. The topological polar surface area (TPSA) is 153 Å². The van der Waals surface area contributed by atoms with E-state index < -0.39 is 0 Å². The first kappa shape index (κ1) is 40.5. The van der Waals surface area contributed by atoms with E-state index in [2.05, 4.69) is 21.9 Å². The van der Waals surface area contributed by atoms with Crippen molar-refractivity contribution in [3.63, 3.8) is 0 Å². The van der Waals surface area contributed by atoms with Gasteiger partial charge < -0.3 is 58.6 Å². The van der Waals surface area contributed by atoms with Gasteiger partial charge in [0.2, 0.25) is 5.91 Å². The Bertz CT molecular complexity index is 808. The molecule has 2 aliphatic rings. The van der Waals surface area contributed by atoms with Crippen LogP contribution in [-0.4, -0.2) is 160 Å². The van der Waals surface area contributed by atoms with E-state index in [-0.39, 0.29) is 24.0 Å². The maximum absolute atomic E-state index is 12.0. The zero-order valence-corrected chi connectivity index (χ0v) is 28.0. The van der Waals surface area contributed by atoms with Crippen molar-refractivity contribution in [2.45, 2.75) is 43.0 Å². The van der Waals surface area contributed by atoms with Crippen molar-refractivity contribution in [3.05, 3.63) is 0 Å². The molecule has 0 radical (unpaired) electrons. The fraction of sp³-hybridized carbons (Fsp3) is 0.871. The monoisotopic (exact) mass is 677 g/mol. The highest BCUT2D eigenvalue weighted by molar-refractivity contribution is 8.00. The van der Waals surface area contributed by atoms with Crippen LogP contribution >= 0.6 is 11.8 Å². The summed E-state index contributed by atoms with van der Waals surface area (Å²) in [5.74, 6) is 3.40. The molecular formula is C31H55N3O11S. The number of thioether (sulfide) groups is 1. The lowest BCUT2D eigenvalue weighted by Gasteiger charge is -2.16. The minimum Gasteiger partial charge on any atom is -0.377 e. The molecule has 0 aromatic heterocycles. The molecule has 15 heteroatoms. The number of terminal acetylenes is 1. The van der Waals surface area contributed by atoms with Crippen LogP contribution in [0.5, 0.6) is 0 Å². The summed E-state index contributed by atoms with van der Waals surface area (Å²) >= 11 is 1.90. The molecule has 3 amide bonds. The number of rotatable bonds is 33. The summed E-state index contributed by atoms with van der Waals surface area (Å²) in [5, 5.41) is 9.28. The van der Waals surface area contributed by atoms with Crippen molar-refractivity contribution in [1.82, 2.24) is 16.0 Å². The second-order valence-electron chi connectivity index (χ2n) is 10.4. The molecule has 2 saturated heterocycles. The van der Waals surface area contributed by atoms with E-state index >= 15 is 0 Å². The molecular weight excluding hydrogens is 622 g/mol. The van der Waals surface area contributed by atoms with E-state index in [1.165, 1.54) is 0 Å². The number of ether oxygens (including phenoxy) is 9. The molecule has 0 bridgehead atoms. The Morgan fingerprint density at radius 1 is 0.696 bits per heavy atom. The number of unbranched alkanes of at least 4 members (excludes halogenated alkanes) is 1. The normalized spacial score (nSPS) is 18.7. The fourth-order valence-corrected chi connectivity index (χ4v) is 6.06. The van der Waals surface area contributed by atoms with Crippen LogP contribution in [-0.2, 0) is 47.4 Å². The van der Waals surface area contributed by atoms with Gasteiger partial charge in [-0.25, -0.2) is 4.79 Å². The molecule has 3 atom stereocenters. The van der Waals surface area contributed by atoms with Crippen LogP contribution in [0.3, 0.4) is 0 Å². The molecule has 0 spiro atoms. The Labute approximate surface area is 278 Å². The molecule has 2 heterocycles. The van der Waals surface area contributed by atoms with E-state index in [0.29, 0.717) is 137 Å². The molecule has 266 valence electrons. The zero-order valence-electron chi connectivity index (χ0n) is 27.2. The average molecular weight is 678 g/mol. The minimum absolute atomic E-state index is 0.0443. The quantitative estimate of drug-likeness (QED) is 0.0507. The number of hydrogen-bond acceptors (Lipinski definition) is 12. The van der Waals surface area contributed by atoms with Gasteiger partial charge >= 0.3 is 6.03 Å². The molecule has 0 aromatic rings. The van der Waals surface area contributed by atoms with Gasteiger partial charge in [0, 0.05) is 24.0 Å². The van der Waals surface area contributed by atoms with Crippen LogP contribution in [0, 0.1) is 12.3 Å². The van der Waals surface area contributed by atoms with Gasteiger partial charge in [-0.15, -0.1) is 6.42 Å². The third-order valence-electron chi connectivity index (χ3n) is 6.81. The largest absolute Gasteiger partial charge is 0.377 e. The van der Waals surface area contributed by atoms with Crippen LogP contribution in [0.25, 0.3) is 0 Å². The van der Waals surface area contributed by atoms with Gasteiger partial charge in [0.05, 0.1) is 124 Å². The van der Waals surface area contributed by atoms with E-state index in [1.807, 2.05) is 11.8 Å². The third kappa shape index (κ3) is 22.0. The number of fused-ring (bicyclic) bond motifs is 1. The van der Waals surface area contributed by atoms with E-state index in [0.717, 1.165) is 25.0 Å². The average Bonchev–Trinajstić information content (AvgIpc) is 3.61. The number of hydrogen-bond donors (Lipinski definition) is 3. The van der Waals surface area contributed by atoms with Crippen molar-refractivity contribution < 1.29 is 52.2 Å². The summed E-state index contributed by atoms with van der Waals surface area (Å²) in [7, 11) is 0. The first-order valence-corrected chi connectivity index (χ1v) is 17.3. The summed E-state index contributed by atoms with van der Waals surface area (Å²) in [6, 6.07) is 0.412. The summed E-state index contributed by atoms with van der Waals surface area (Å²) in [6.07, 6.45) is 8.42. The Kier molecular flexibility index (Phi) is 25.9. The van der Waals surface area contributed by atoms with Crippen molar-refractivity contribution in [3.8, 4) is 12.3 Å². The van der Waals surface area contributed by atoms with Crippen molar-refractivity contribution in [2.75, 3.05) is 131 Å². The highest BCUT2D eigenvalue weighted by Crippen LogP contribution is 2.33. The summed E-state index contributed by atoms with van der Waals surface area (Å²) in [4.78, 5) is 23.5. The maximum Gasteiger partial charge on any atom is 0.315 e. The lowest BCUT2D eigenvalue weighted by Crippen LogP contribution is -2.36. The molecule has 3 N–H and O–H groups in total. The second-order valence-corrected chi connectivity index (χ2v) is 11.6. The Hall–Kier alpha value is -1.71. The molecule has 2 fully saturated rings. The Balaban J connectivity index is 1.17. The van der Waals surface area contributed by atoms with Crippen molar-refractivity contribution in [2.24, 2.45) is 0 Å². The maximum atomic E-state index is 12.0. The Morgan fingerprint density at radius 2 is 1.15 bits per heavy atom. The predicted molar refractivity (Wildman–Crippen MR) is 173 cm³/mol. The van der Waals surface area contributed by atoms with Crippen LogP contribution in [0.1, 0.15) is 25.7 Å². The molecule has 0 unspecified atom stereocenters. The van der Waals surface area contributed by atoms with Crippen LogP contribution in [0.4, 0.5) is 4.79 Å². The SMILES string of the molecule is C#CCOCCOCCOCCOCCOCCOCCOCCOCCOCCNC(=O)CCCC[C@@H]1SC[C@@H]2NC(=O)N[C@@H]21. The smallest absolute Gasteiger partial charge is 0.315 e. The van der Waals surface area contributed by atoms with E-state index in [9.17, 15) is 9.59 Å². The molecule has 46 heavy (non-hydrogen) atoms. The van der Waals surface area contributed by atoms with Gasteiger partial charge in [0.15, 0.2) is 0 Å². The molecule has 0 aliphatic carbocycles. The van der Waals surface area contributed by atoms with Gasteiger partial charge in [-0.05, 0) is 12.8 Å². The van der Waals surface area contributed by atoms with E-state index in [4.69, 9.17) is 49.1 Å². The standard InChI is InChI=1S/C31H55N3O11S/c1-2-8-37-10-12-39-14-16-41-18-20-43-22-24-45-25-23-44-21-19-42-17-15-40-13-11-38-9-7-32-29(35)6-4-3-5-28-30-27(26-46-28)33-31(36)34-30/h1,27-28,30H,3-26H2,(H,32,35)(H2,33,34,36)/t27-,28-,30-/m0/s1. The van der Waals surface area contributed by atoms with E-state index in [1.54, 1.807) is 0 Å². The molecule has 2 rings (SSSR count). The summed E-state index contributed by atoms with van der Waals surface area (Å²) < 4.78 is 48.7. The third-order valence-corrected chi connectivity index (χ3v) is 8.32. The Morgan fingerprint density at radius 3 is 1.63 bits per heavy atom. The number of carbonyl (C=O) groups is 2. The zero-order chi connectivity index (χ0) is 32.8. The van der Waals surface area contributed by atoms with Gasteiger partial charge in [-0.3, -0.25) is 4.79 Å². The minimum atomic E-state index is -0.0599. The molecule has 14 nitrogen and oxygen atoms in total. The lowest BCUT2D eigenvalue weighted by molar-refractivity contribution is -0.121. The molecule has 2 aliphatic heterocycles. The fourth-order valence-electron chi connectivity index (χ4n) is 4.52. The highest BCUT2D eigenvalue weighted by atomic mass is 32.2. The number of amides is 3. The van der Waals surface area contributed by atoms with Gasteiger partial charge in [-0.2, -0.15) is 11.8 Å². The van der Waals surface area contributed by atoms with Crippen molar-refractivity contribution >= 4 is 23.7 Å². The van der Waals surface area contributed by atoms with Gasteiger partial charge in [0.1, 0.15) is 6.61 Å². The lowest BCUT2D eigenvalue weighted by atomic mass is 10.0. The van der Waals surface area contributed by atoms with Gasteiger partial charge in [-0.1, -0.05) is 12.3 Å². The predicted octanol–water partition coefficient (Wildman–Crippen LogP) is 0.611. The van der Waals surface area contributed by atoms with Crippen LogP contribution in [0.15, 0.2) is 0 Å². The summed E-state index contributed by atoms with van der Waals surface area (Å²) in [6.45, 7) is 9.12.